The third kappa shape index (κ3) is 2.84. The molecule has 0 aromatic heterocycles. The molecule has 0 amide bonds. The first-order chi connectivity index (χ1) is 8.67. The summed E-state index contributed by atoms with van der Waals surface area (Å²) in [4.78, 5) is 6.17. The van der Waals surface area contributed by atoms with Crippen molar-refractivity contribution in [2.45, 2.75) is 24.3 Å². The van der Waals surface area contributed by atoms with E-state index in [4.69, 9.17) is 4.99 Å². The number of fused-ring (bicyclic) bond motifs is 1. The van der Waals surface area contributed by atoms with Gasteiger partial charge in [0.25, 0.3) is 0 Å². The number of aliphatic imine (C=N–C) groups is 1. The number of nitrogens with zero attached hydrogens (tertiary/aromatic N) is 1. The van der Waals surface area contributed by atoms with Crippen LogP contribution in [0.5, 0.6) is 0 Å². The monoisotopic (exact) mass is 445 g/mol. The Hall–Kier alpha value is -0.891. The molecule has 1 radical (unpaired) electrons. The Bertz CT molecular complexity index is 605. The van der Waals surface area contributed by atoms with Crippen LogP contribution in [0.3, 0.4) is 0 Å². The Morgan fingerprint density at radius 2 is 1.79 bits per heavy atom. The molecule has 3 rings (SSSR count). The molecule has 1 heterocycles. The Morgan fingerprint density at radius 3 is 2.53 bits per heavy atom. The molecule has 2 aromatic carbocycles. The van der Waals surface area contributed by atoms with E-state index in [1.807, 2.05) is 18.2 Å². The van der Waals surface area contributed by atoms with Crippen LogP contribution in [0.25, 0.3) is 0 Å². The van der Waals surface area contributed by atoms with Crippen molar-refractivity contribution in [2.24, 2.45) is 4.99 Å². The summed E-state index contributed by atoms with van der Waals surface area (Å²) in [6, 6.07) is 19.8. The Kier molecular flexibility index (Phi) is 4.29. The maximum atomic E-state index is 4.87. The van der Waals surface area contributed by atoms with E-state index in [9.17, 15) is 0 Å². The molecule has 0 N–H and O–H groups in total. The summed E-state index contributed by atoms with van der Waals surface area (Å²) in [5.74, 6) is 0. The van der Waals surface area contributed by atoms with Gasteiger partial charge in [0.2, 0.25) is 0 Å². The van der Waals surface area contributed by atoms with Crippen molar-refractivity contribution in [1.29, 1.82) is 0 Å². The zero-order chi connectivity index (χ0) is 12.6. The fraction of sp³-hybridized carbons (Fsp3) is 0.188. The normalized spacial score (nSPS) is 16.0. The second-order valence-electron chi connectivity index (χ2n) is 4.85. The summed E-state index contributed by atoms with van der Waals surface area (Å²) in [7, 11) is 0. The van der Waals surface area contributed by atoms with Gasteiger partial charge >= 0.3 is 0 Å². The Balaban J connectivity index is 0.00000133. The van der Waals surface area contributed by atoms with Crippen LogP contribution >= 0.6 is 11.8 Å². The second-order valence-corrected chi connectivity index (χ2v) is 5.88. The molecular weight excluding hydrogens is 430 g/mol. The van der Waals surface area contributed by atoms with Crippen LogP contribution in [-0.2, 0) is 25.6 Å². The third-order valence-corrected chi connectivity index (χ3v) is 4.15. The fourth-order valence-corrected chi connectivity index (χ4v) is 3.44. The van der Waals surface area contributed by atoms with E-state index in [2.05, 4.69) is 50.2 Å². The fourth-order valence-electron chi connectivity index (χ4n) is 2.14. The number of hydrogen-bond acceptors (Lipinski definition) is 2. The number of benzene rings is 2. The first-order valence-electron chi connectivity index (χ1n) is 6.01. The minimum atomic E-state index is -0.166. The van der Waals surface area contributed by atoms with Crippen LogP contribution in [0.15, 0.2) is 58.4 Å². The maximum Gasteiger partial charge on any atom is 0.0718 e. The largest absolute Gasteiger partial charge is 0.315 e. The molecule has 99 valence electrons. The first kappa shape index (κ1) is 14.5. The van der Waals surface area contributed by atoms with Crippen molar-refractivity contribution in [2.75, 3.05) is 0 Å². The number of rotatable bonds is 1. The Morgan fingerprint density at radius 1 is 1.05 bits per heavy atom. The van der Waals surface area contributed by atoms with Crippen LogP contribution in [0.1, 0.15) is 25.0 Å². The quantitative estimate of drug-likeness (QED) is 0.599. The van der Waals surface area contributed by atoms with Crippen molar-refractivity contribution < 1.29 is 20.1 Å². The van der Waals surface area contributed by atoms with Crippen molar-refractivity contribution in [1.82, 2.24) is 0 Å². The predicted octanol–water partition coefficient (Wildman–Crippen LogP) is 4.27. The molecule has 0 bridgehead atoms. The number of thioether (sulfide) groups is 1. The van der Waals surface area contributed by atoms with E-state index in [-0.39, 0.29) is 25.6 Å². The van der Waals surface area contributed by atoms with Gasteiger partial charge in [0.15, 0.2) is 0 Å². The van der Waals surface area contributed by atoms with E-state index < -0.39 is 0 Å². The first-order valence-corrected chi connectivity index (χ1v) is 6.83. The average Bonchev–Trinajstić information content (AvgIpc) is 2.39. The molecule has 1 aliphatic rings. The summed E-state index contributed by atoms with van der Waals surface area (Å²) >= 11 is 1.73. The minimum Gasteiger partial charge on any atom is -0.315 e. The van der Waals surface area contributed by atoms with Gasteiger partial charge < -0.3 is 4.99 Å². The van der Waals surface area contributed by atoms with Gasteiger partial charge in [0.1, 0.15) is 0 Å². The van der Waals surface area contributed by atoms with E-state index in [0.717, 1.165) is 10.6 Å². The van der Waals surface area contributed by atoms with Crippen LogP contribution in [0.2, 0.25) is 0 Å². The van der Waals surface area contributed by atoms with Crippen molar-refractivity contribution in [3.8, 4) is 0 Å². The van der Waals surface area contributed by atoms with Crippen molar-refractivity contribution in [3.05, 3.63) is 65.7 Å². The zero-order valence-electron chi connectivity index (χ0n) is 10.8. The number of hydrogen-bond donors (Lipinski definition) is 0. The van der Waals surface area contributed by atoms with Crippen molar-refractivity contribution in [3.63, 3.8) is 0 Å². The van der Waals surface area contributed by atoms with Crippen molar-refractivity contribution >= 4 is 16.8 Å². The van der Waals surface area contributed by atoms with Gasteiger partial charge in [-0.3, -0.25) is 0 Å². The molecule has 1 nitrogen and oxygen atoms in total. The Labute approximate surface area is 131 Å². The molecule has 0 atom stereocenters. The summed E-state index contributed by atoms with van der Waals surface area (Å²) in [6.07, 6.45) is 0. The van der Waals surface area contributed by atoms with Gasteiger partial charge in [-0.1, -0.05) is 18.2 Å². The van der Waals surface area contributed by atoms with Gasteiger partial charge in [-0.15, -0.1) is 47.7 Å². The molecule has 0 fully saturated rings. The van der Waals surface area contributed by atoms with Gasteiger partial charge in [0.05, 0.1) is 5.54 Å². The third-order valence-electron chi connectivity index (χ3n) is 3.07. The zero-order valence-corrected chi connectivity index (χ0v) is 14.0. The van der Waals surface area contributed by atoms with Crippen LogP contribution in [-0.4, -0.2) is 5.04 Å². The predicted molar refractivity (Wildman–Crippen MR) is 77.1 cm³/mol. The molecule has 0 saturated heterocycles. The molecular formula is C16H14IrNS-. The van der Waals surface area contributed by atoms with E-state index >= 15 is 0 Å². The summed E-state index contributed by atoms with van der Waals surface area (Å²) in [5, 5.41) is 1.05. The summed E-state index contributed by atoms with van der Waals surface area (Å²) in [5.41, 5.74) is 2.21. The maximum absolute atomic E-state index is 4.87. The molecule has 3 heteroatoms. The van der Waals surface area contributed by atoms with E-state index in [0.29, 0.717) is 0 Å². The summed E-state index contributed by atoms with van der Waals surface area (Å²) in [6.45, 7) is 4.32. The molecule has 0 aliphatic carbocycles. The standard InChI is InChI=1S/C16H14NS.Ir/c1-16(2)13-10-6-7-11-14(13)18-15(17-16)12-8-4-3-5-9-12;/h3-8,10-11H,1-2H3;/q-1;. The second kappa shape index (κ2) is 5.62. The smallest absolute Gasteiger partial charge is 0.0718 e. The van der Waals surface area contributed by atoms with E-state index in [1.54, 1.807) is 11.8 Å². The molecule has 1 aliphatic heterocycles. The minimum absolute atomic E-state index is 0. The van der Waals surface area contributed by atoms with Gasteiger partial charge in [0, 0.05) is 30.0 Å². The van der Waals surface area contributed by atoms with E-state index in [1.165, 1.54) is 10.5 Å². The molecule has 0 saturated carbocycles. The van der Waals surface area contributed by atoms with Gasteiger partial charge in [-0.2, -0.15) is 0 Å². The molecule has 0 unspecified atom stereocenters. The van der Waals surface area contributed by atoms with Crippen LogP contribution in [0, 0.1) is 6.07 Å². The summed E-state index contributed by atoms with van der Waals surface area (Å²) < 4.78 is 0. The molecule has 19 heavy (non-hydrogen) atoms. The SMILES string of the molecule is CC1(C)N=C(c2[c-]cccc2)Sc2ccccc21.[Ir]. The topological polar surface area (TPSA) is 12.4 Å². The van der Waals surface area contributed by atoms with Crippen LogP contribution in [0.4, 0.5) is 0 Å². The van der Waals surface area contributed by atoms with Gasteiger partial charge in [-0.25, -0.2) is 0 Å². The molecule has 2 aromatic rings. The van der Waals surface area contributed by atoms with Crippen LogP contribution < -0.4 is 0 Å². The molecule has 0 spiro atoms. The van der Waals surface area contributed by atoms with Gasteiger partial charge in [-0.05, 0) is 25.5 Å². The average molecular weight is 445 g/mol.